The van der Waals surface area contributed by atoms with E-state index in [0.29, 0.717) is 5.56 Å². The zero-order valence-corrected chi connectivity index (χ0v) is 13.8. The van der Waals surface area contributed by atoms with Crippen molar-refractivity contribution in [1.82, 2.24) is 4.90 Å². The van der Waals surface area contributed by atoms with Gasteiger partial charge in [0.05, 0.1) is 13.2 Å². The number of Topliss-reactive ketones (excluding diaryl/α,β-unsaturated/α-hetero) is 1. The maximum absolute atomic E-state index is 12.2. The maximum atomic E-state index is 12.2. The predicted molar refractivity (Wildman–Crippen MR) is 84.0 cm³/mol. The molecule has 0 spiro atoms. The van der Waals surface area contributed by atoms with E-state index in [1.807, 2.05) is 4.90 Å². The molecule has 1 aliphatic heterocycles. The SMILES string of the molecule is Br.O=C(CN1CCCCC1CO)c1ccc(OC(F)F)cc1. The molecule has 7 heteroatoms. The molecule has 0 amide bonds. The number of alkyl halides is 2. The Bertz CT molecular complexity index is 470. The van der Waals surface area contributed by atoms with Gasteiger partial charge in [-0.2, -0.15) is 8.78 Å². The number of nitrogens with zero attached hydrogens (tertiary/aromatic N) is 1. The summed E-state index contributed by atoms with van der Waals surface area (Å²) >= 11 is 0. The first-order valence-electron chi connectivity index (χ1n) is 7.03. The summed E-state index contributed by atoms with van der Waals surface area (Å²) in [6.07, 6.45) is 2.98. The molecule has 2 rings (SSSR count). The minimum absolute atomic E-state index is 0. The fraction of sp³-hybridized carbons (Fsp3) is 0.533. The van der Waals surface area contributed by atoms with Crippen molar-refractivity contribution in [2.24, 2.45) is 0 Å². The monoisotopic (exact) mass is 379 g/mol. The molecule has 0 saturated carbocycles. The number of likely N-dealkylation sites (tertiary alicyclic amines) is 1. The van der Waals surface area contributed by atoms with Crippen LogP contribution in [0.5, 0.6) is 5.75 Å². The van der Waals surface area contributed by atoms with Crippen LogP contribution >= 0.6 is 17.0 Å². The minimum Gasteiger partial charge on any atom is -0.435 e. The number of rotatable bonds is 6. The average Bonchev–Trinajstić information content (AvgIpc) is 2.48. The van der Waals surface area contributed by atoms with Crippen LogP contribution in [0.15, 0.2) is 24.3 Å². The number of benzene rings is 1. The molecule has 1 aromatic rings. The second-order valence-electron chi connectivity index (χ2n) is 5.13. The van der Waals surface area contributed by atoms with E-state index in [4.69, 9.17) is 0 Å². The first kappa shape index (κ1) is 19.0. The third-order valence-corrected chi connectivity index (χ3v) is 3.71. The lowest BCUT2D eigenvalue weighted by atomic mass is 10.0. The van der Waals surface area contributed by atoms with Gasteiger partial charge in [0.2, 0.25) is 0 Å². The highest BCUT2D eigenvalue weighted by molar-refractivity contribution is 8.93. The first-order chi connectivity index (χ1) is 10.1. The standard InChI is InChI=1S/C15H19F2NO3.BrH/c16-15(17)21-13-6-4-11(5-7-13)14(20)9-18-8-2-1-3-12(18)10-19;/h4-7,12,15,19H,1-3,8-10H2;1H. The summed E-state index contributed by atoms with van der Waals surface area (Å²) in [5.74, 6) is -0.0493. The van der Waals surface area contributed by atoms with E-state index >= 15 is 0 Å². The average molecular weight is 380 g/mol. The Labute approximate surface area is 138 Å². The first-order valence-corrected chi connectivity index (χ1v) is 7.03. The third-order valence-electron chi connectivity index (χ3n) is 3.71. The minimum atomic E-state index is -2.87. The van der Waals surface area contributed by atoms with Crippen LogP contribution in [-0.4, -0.2) is 48.1 Å². The Morgan fingerprint density at radius 1 is 1.32 bits per heavy atom. The zero-order valence-electron chi connectivity index (χ0n) is 12.1. The molecule has 1 aromatic carbocycles. The van der Waals surface area contributed by atoms with Crippen molar-refractivity contribution in [2.75, 3.05) is 19.7 Å². The van der Waals surface area contributed by atoms with Crippen molar-refractivity contribution in [1.29, 1.82) is 0 Å². The summed E-state index contributed by atoms with van der Waals surface area (Å²) in [6.45, 7) is -1.79. The van der Waals surface area contributed by atoms with Gasteiger partial charge in [0.1, 0.15) is 5.75 Å². The number of aliphatic hydroxyl groups is 1. The molecule has 1 unspecified atom stereocenters. The number of aliphatic hydroxyl groups excluding tert-OH is 1. The lowest BCUT2D eigenvalue weighted by molar-refractivity contribution is -0.0498. The van der Waals surface area contributed by atoms with Crippen molar-refractivity contribution in [3.05, 3.63) is 29.8 Å². The zero-order chi connectivity index (χ0) is 15.2. The number of carbonyl (C=O) groups is 1. The van der Waals surface area contributed by atoms with Gasteiger partial charge in [0.15, 0.2) is 5.78 Å². The number of piperidine rings is 1. The van der Waals surface area contributed by atoms with Crippen LogP contribution in [-0.2, 0) is 0 Å². The largest absolute Gasteiger partial charge is 0.435 e. The molecule has 1 saturated heterocycles. The van der Waals surface area contributed by atoms with E-state index in [-0.39, 0.29) is 47.7 Å². The fourth-order valence-corrected chi connectivity index (χ4v) is 2.57. The number of halogens is 3. The molecule has 1 fully saturated rings. The number of ketones is 1. The molecule has 4 nitrogen and oxygen atoms in total. The van der Waals surface area contributed by atoms with Gasteiger partial charge in [-0.05, 0) is 43.7 Å². The van der Waals surface area contributed by atoms with Gasteiger partial charge < -0.3 is 9.84 Å². The van der Waals surface area contributed by atoms with Crippen LogP contribution in [0.1, 0.15) is 29.6 Å². The molecule has 1 atom stereocenters. The second kappa shape index (κ2) is 9.17. The summed E-state index contributed by atoms with van der Waals surface area (Å²) in [4.78, 5) is 14.2. The van der Waals surface area contributed by atoms with Gasteiger partial charge >= 0.3 is 6.61 Å². The number of ether oxygens (including phenoxy) is 1. The smallest absolute Gasteiger partial charge is 0.387 e. The van der Waals surface area contributed by atoms with Crippen molar-refractivity contribution in [3.63, 3.8) is 0 Å². The summed E-state index contributed by atoms with van der Waals surface area (Å²) in [6, 6.07) is 5.72. The van der Waals surface area contributed by atoms with Crippen LogP contribution in [0, 0.1) is 0 Å². The highest BCUT2D eigenvalue weighted by atomic mass is 79.9. The molecular weight excluding hydrogens is 360 g/mol. The quantitative estimate of drug-likeness (QED) is 0.772. The molecule has 1 aliphatic rings. The molecule has 22 heavy (non-hydrogen) atoms. The summed E-state index contributed by atoms with van der Waals surface area (Å²) in [5, 5.41) is 9.32. The molecule has 0 radical (unpaired) electrons. The van der Waals surface area contributed by atoms with Crippen LogP contribution in [0.3, 0.4) is 0 Å². The predicted octanol–water partition coefficient (Wildman–Crippen LogP) is 2.90. The second-order valence-corrected chi connectivity index (χ2v) is 5.13. The van der Waals surface area contributed by atoms with Gasteiger partial charge in [-0.1, -0.05) is 6.42 Å². The highest BCUT2D eigenvalue weighted by Crippen LogP contribution is 2.19. The third kappa shape index (κ3) is 5.30. The van der Waals surface area contributed by atoms with Gasteiger partial charge in [-0.3, -0.25) is 9.69 Å². The summed E-state index contributed by atoms with van der Waals surface area (Å²) < 4.78 is 28.3. The van der Waals surface area contributed by atoms with Crippen LogP contribution in [0.25, 0.3) is 0 Å². The van der Waals surface area contributed by atoms with Gasteiger partial charge in [0.25, 0.3) is 0 Å². The van der Waals surface area contributed by atoms with E-state index in [1.165, 1.54) is 24.3 Å². The van der Waals surface area contributed by atoms with Crippen molar-refractivity contribution in [3.8, 4) is 5.75 Å². The normalized spacial score (nSPS) is 18.8. The van der Waals surface area contributed by atoms with Crippen LogP contribution < -0.4 is 4.74 Å². The van der Waals surface area contributed by atoms with Crippen LogP contribution in [0.2, 0.25) is 0 Å². The Hall–Kier alpha value is -1.05. The lowest BCUT2D eigenvalue weighted by Gasteiger charge is -2.33. The van der Waals surface area contributed by atoms with Crippen LogP contribution in [0.4, 0.5) is 8.78 Å². The molecule has 0 aliphatic carbocycles. The van der Waals surface area contributed by atoms with E-state index in [2.05, 4.69) is 4.74 Å². The van der Waals surface area contributed by atoms with Gasteiger partial charge in [0, 0.05) is 11.6 Å². The molecule has 0 bridgehead atoms. The Morgan fingerprint density at radius 2 is 2.00 bits per heavy atom. The molecule has 1 N–H and O–H groups in total. The van der Waals surface area contributed by atoms with Gasteiger partial charge in [-0.15, -0.1) is 17.0 Å². The molecule has 124 valence electrons. The fourth-order valence-electron chi connectivity index (χ4n) is 2.57. The van der Waals surface area contributed by atoms with E-state index in [1.54, 1.807) is 0 Å². The lowest BCUT2D eigenvalue weighted by Crippen LogP contribution is -2.44. The topological polar surface area (TPSA) is 49.8 Å². The van der Waals surface area contributed by atoms with Crippen molar-refractivity contribution >= 4 is 22.8 Å². The summed E-state index contributed by atoms with van der Waals surface area (Å²) in [5.41, 5.74) is 0.457. The Kier molecular flexibility index (Phi) is 7.92. The number of hydrogen-bond donors (Lipinski definition) is 1. The maximum Gasteiger partial charge on any atom is 0.387 e. The molecule has 1 heterocycles. The Balaban J connectivity index is 0.00000242. The molecular formula is C15H20BrF2NO3. The van der Waals surface area contributed by atoms with Gasteiger partial charge in [-0.25, -0.2) is 0 Å². The van der Waals surface area contributed by atoms with E-state index in [0.717, 1.165) is 25.8 Å². The number of hydrogen-bond acceptors (Lipinski definition) is 4. The highest BCUT2D eigenvalue weighted by Gasteiger charge is 2.23. The Morgan fingerprint density at radius 3 is 2.59 bits per heavy atom. The van der Waals surface area contributed by atoms with Crippen molar-refractivity contribution in [2.45, 2.75) is 31.9 Å². The van der Waals surface area contributed by atoms with E-state index in [9.17, 15) is 18.7 Å². The summed E-state index contributed by atoms with van der Waals surface area (Å²) in [7, 11) is 0. The van der Waals surface area contributed by atoms with E-state index < -0.39 is 6.61 Å². The molecule has 0 aromatic heterocycles. The number of carbonyl (C=O) groups excluding carboxylic acids is 1. The van der Waals surface area contributed by atoms with Crippen molar-refractivity contribution < 1.29 is 23.4 Å².